The molecule has 15 N–H and O–H groups in total. The van der Waals surface area contributed by atoms with Gasteiger partial charge < -0.3 is 84.5 Å². The van der Waals surface area contributed by atoms with Crippen molar-refractivity contribution < 1.29 is 67.1 Å². The lowest BCUT2D eigenvalue weighted by Crippen LogP contribution is -2.60. The number of benzene rings is 1. The van der Waals surface area contributed by atoms with Crippen LogP contribution in [0.15, 0.2) is 35.3 Å². The number of hydrogen-bond acceptors (Lipinski definition) is 17. The van der Waals surface area contributed by atoms with Crippen LogP contribution in [0.2, 0.25) is 0 Å². The standard InChI is InChI=1S/C69H104N16O14S2/c1-5-6-23-47(59(89)72-33-30-43-19-10-9-11-20-43)79-65(95)54-26-17-34-84(54)57(87)37-75-60(90)48(24-14-15-31-74-69(98)99-38-46-44-21-12-7-8-13-22-45(44)46)78-63(93)52-39-100-101-40-53(64(94)81-51(36-41(2)3)62(92)76-42(4)58(88)82-52)83-66(96)55-27-18-35-85(55)67(97)50(25-16-32-73-68(70)71)80-61(91)49-28-29-56(86)77-49/h9-11,19-20,41-42,44-55H,5-6,12-18,21-40H2,1-4H3,(H,72,89)(H,74,98)(H,75,90)(H,76,92)(H,77,86)(H,78,93)(H,79,95)(H,80,91)(H,81,94)(H,82,88)(H,83,96)(H4,70,71,73)/t42-,44-,45+,46?,47+,48-,49-,50-,51-,52-,53-,54-,55-/m0/s1. The lowest BCUT2D eigenvalue weighted by molar-refractivity contribution is -0.142. The van der Waals surface area contributed by atoms with Crippen LogP contribution >= 0.6 is 21.6 Å². The minimum Gasteiger partial charge on any atom is -0.449 e. The van der Waals surface area contributed by atoms with Crippen LogP contribution in [0.1, 0.15) is 155 Å². The molecular formula is C69H104N16O14S2. The van der Waals surface area contributed by atoms with Crippen molar-refractivity contribution in [3.05, 3.63) is 35.9 Å². The van der Waals surface area contributed by atoms with Gasteiger partial charge in [-0.15, -0.1) is 11.8 Å². The zero-order chi connectivity index (χ0) is 73.0. The third kappa shape index (κ3) is 25.6. The molecule has 0 spiro atoms. The third-order valence-corrected chi connectivity index (χ3v) is 21.4. The van der Waals surface area contributed by atoms with Gasteiger partial charge in [-0.25, -0.2) is 4.79 Å². The molecule has 32 heteroatoms. The molecule has 6 aliphatic rings. The van der Waals surface area contributed by atoms with Crippen LogP contribution in [-0.2, 0) is 68.7 Å². The maximum absolute atomic E-state index is 14.7. The second-order valence-corrected chi connectivity index (χ2v) is 29.7. The van der Waals surface area contributed by atoms with E-state index in [0.29, 0.717) is 63.3 Å². The van der Waals surface area contributed by atoms with E-state index in [4.69, 9.17) is 16.2 Å². The number of carbonyl (C=O) groups is 13. The highest BCUT2D eigenvalue weighted by Crippen LogP contribution is 2.52. The zero-order valence-corrected chi connectivity index (χ0v) is 60.1. The molecule has 7 rings (SSSR count). The molecule has 4 aliphatic heterocycles. The summed E-state index contributed by atoms with van der Waals surface area (Å²) in [6.45, 7) is 7.73. The number of ether oxygens (including phenoxy) is 1. The van der Waals surface area contributed by atoms with Crippen LogP contribution in [-0.4, -0.2) is 211 Å². The first-order valence-corrected chi connectivity index (χ1v) is 38.3. The zero-order valence-electron chi connectivity index (χ0n) is 58.5. The fourth-order valence-electron chi connectivity index (χ4n) is 13.3. The maximum Gasteiger partial charge on any atom is 0.407 e. The van der Waals surface area contributed by atoms with E-state index in [1.807, 2.05) is 51.1 Å². The number of rotatable bonds is 32. The lowest BCUT2D eigenvalue weighted by Gasteiger charge is -2.31. The predicted molar refractivity (Wildman–Crippen MR) is 380 cm³/mol. The number of carbonyl (C=O) groups excluding carboxylic acids is 13. The van der Waals surface area contributed by atoms with Crippen molar-refractivity contribution in [3.63, 3.8) is 0 Å². The predicted octanol–water partition coefficient (Wildman–Crippen LogP) is 0.157. The van der Waals surface area contributed by atoms with E-state index in [0.717, 1.165) is 59.3 Å². The van der Waals surface area contributed by atoms with E-state index in [-0.39, 0.29) is 125 Å². The van der Waals surface area contributed by atoms with Crippen molar-refractivity contribution in [3.8, 4) is 11.8 Å². The molecular weight excluding hydrogens is 1340 g/mol. The number of aliphatic imine (C=N–C) groups is 1. The summed E-state index contributed by atoms with van der Waals surface area (Å²) in [6, 6.07) is -1.76. The molecule has 1 aromatic rings. The molecule has 1 aromatic carbocycles. The number of nitrogens with one attached hydrogen (secondary N) is 11. The van der Waals surface area contributed by atoms with Gasteiger partial charge in [0.15, 0.2) is 5.96 Å². The quantitative estimate of drug-likeness (QED) is 0.0150. The summed E-state index contributed by atoms with van der Waals surface area (Å²) in [6.07, 6.45) is 8.20. The second kappa shape index (κ2) is 40.9. The van der Waals surface area contributed by atoms with Crippen LogP contribution in [0.25, 0.3) is 0 Å². The monoisotopic (exact) mass is 1440 g/mol. The fraction of sp³-hybridized carbons (Fsp3) is 0.681. The van der Waals surface area contributed by atoms with Gasteiger partial charge in [0.1, 0.15) is 60.4 Å². The minimum atomic E-state index is -1.40. The molecule has 1 unspecified atom stereocenters. The minimum absolute atomic E-state index is 0.0150. The summed E-state index contributed by atoms with van der Waals surface area (Å²) >= 11 is 0. The summed E-state index contributed by atoms with van der Waals surface area (Å²) in [5, 5.41) is 30.3. The average molecular weight is 1450 g/mol. The van der Waals surface area contributed by atoms with Crippen LogP contribution in [0.5, 0.6) is 0 Å². The normalized spacial score (nSPS) is 24.6. The molecule has 0 aromatic heterocycles. The molecule has 13 amide bonds. The van der Waals surface area contributed by atoms with E-state index in [9.17, 15) is 62.3 Å². The Kier molecular flexibility index (Phi) is 32.4. The summed E-state index contributed by atoms with van der Waals surface area (Å²) in [4.78, 5) is 187. The Hall–Kier alpha value is -8.34. The molecule has 30 nitrogen and oxygen atoms in total. The SMILES string of the molecule is CCCC[C@@H](NC(=O)[C@@H]1CCCN1C(=O)CNC(=O)[C@H](CCCCNC(=O)OCC1[C@H]2CCC#CCC[C@@H]12)NC(=O)[C@@H]1CSSC[C@H](NC(=O)[C@@H]2CCCN2C(=O)[C@H](CCCN=C(N)N)NC(=O)[C@@H]2CCC(=O)N2)C(=O)N[C@@H](CC(C)C)C(=O)N[C@@H](C)C(=O)N1)C(=O)NCCc1ccccc1. The fourth-order valence-corrected chi connectivity index (χ4v) is 15.7. The lowest BCUT2D eigenvalue weighted by atomic mass is 10.0. The molecule has 0 radical (unpaired) electrons. The van der Waals surface area contributed by atoms with Gasteiger partial charge in [0.25, 0.3) is 0 Å². The highest BCUT2D eigenvalue weighted by atomic mass is 33.1. The van der Waals surface area contributed by atoms with E-state index in [2.05, 4.69) is 75.3 Å². The van der Waals surface area contributed by atoms with Gasteiger partial charge in [-0.2, -0.15) is 0 Å². The summed E-state index contributed by atoms with van der Waals surface area (Å²) < 4.78 is 5.60. The van der Waals surface area contributed by atoms with Gasteiger partial charge in [-0.1, -0.05) is 85.5 Å². The first-order valence-electron chi connectivity index (χ1n) is 35.8. The van der Waals surface area contributed by atoms with E-state index >= 15 is 0 Å². The highest BCUT2D eigenvalue weighted by Gasteiger charge is 2.49. The Labute approximate surface area is 598 Å². The maximum atomic E-state index is 14.7. The number of guanidine groups is 1. The number of hydrogen-bond donors (Lipinski definition) is 13. The topological polar surface area (TPSA) is 434 Å². The van der Waals surface area contributed by atoms with Gasteiger partial charge in [-0.3, -0.25) is 62.5 Å². The Morgan fingerprint density at radius 2 is 1.30 bits per heavy atom. The van der Waals surface area contributed by atoms with Gasteiger partial charge in [0, 0.05) is 63.5 Å². The number of nitrogens with two attached hydrogens (primary N) is 2. The molecule has 0 bridgehead atoms. The van der Waals surface area contributed by atoms with E-state index in [1.165, 1.54) is 16.7 Å². The Bertz CT molecular complexity index is 3150. The molecule has 101 heavy (non-hydrogen) atoms. The van der Waals surface area contributed by atoms with Gasteiger partial charge >= 0.3 is 6.09 Å². The summed E-state index contributed by atoms with van der Waals surface area (Å²) in [5.74, 6) is -0.483. The van der Waals surface area contributed by atoms with Crippen LogP contribution in [0, 0.1) is 35.5 Å². The highest BCUT2D eigenvalue weighted by molar-refractivity contribution is 8.76. The average Bonchev–Trinajstić information content (AvgIpc) is 1.64. The van der Waals surface area contributed by atoms with Crippen molar-refractivity contribution in [1.82, 2.24) is 68.3 Å². The number of unbranched alkanes of at least 4 members (excludes halogenated alkanes) is 2. The summed E-state index contributed by atoms with van der Waals surface area (Å²) in [7, 11) is 2.12. The van der Waals surface area contributed by atoms with Gasteiger partial charge in [0.05, 0.1) is 13.2 Å². The number of likely N-dealkylation sites (tertiary alicyclic amines) is 2. The molecule has 1 saturated carbocycles. The Balaban J connectivity index is 1.03. The molecule has 4 heterocycles. The van der Waals surface area contributed by atoms with Crippen molar-refractivity contribution in [2.45, 2.75) is 217 Å². The van der Waals surface area contributed by atoms with E-state index in [1.54, 1.807) is 0 Å². The first-order chi connectivity index (χ1) is 48.5. The number of alkyl carbamates (subject to hydrolysis) is 1. The molecule has 13 atom stereocenters. The van der Waals surface area contributed by atoms with Crippen LogP contribution in [0.3, 0.4) is 0 Å². The molecule has 2 aliphatic carbocycles. The van der Waals surface area contributed by atoms with Gasteiger partial charge in [-0.05, 0) is 132 Å². The number of nitrogens with zero attached hydrogens (tertiary/aromatic N) is 3. The van der Waals surface area contributed by atoms with Crippen molar-refractivity contribution >= 4 is 105 Å². The Morgan fingerprint density at radius 1 is 0.663 bits per heavy atom. The molecule has 556 valence electrons. The number of fused-ring (bicyclic) bond motifs is 1. The van der Waals surface area contributed by atoms with Crippen molar-refractivity contribution in [2.24, 2.45) is 40.1 Å². The third-order valence-electron chi connectivity index (χ3n) is 19.0. The van der Waals surface area contributed by atoms with E-state index < -0.39 is 132 Å². The second-order valence-electron chi connectivity index (χ2n) is 27.2. The van der Waals surface area contributed by atoms with Crippen molar-refractivity contribution in [1.29, 1.82) is 0 Å². The summed E-state index contributed by atoms with van der Waals surface area (Å²) in [5.41, 5.74) is 12.1. The van der Waals surface area contributed by atoms with Crippen molar-refractivity contribution in [2.75, 3.05) is 57.4 Å². The smallest absolute Gasteiger partial charge is 0.407 e. The van der Waals surface area contributed by atoms with Crippen LogP contribution < -0.4 is 70.0 Å². The molecule has 5 fully saturated rings. The van der Waals surface area contributed by atoms with Crippen LogP contribution in [0.4, 0.5) is 4.79 Å². The Morgan fingerprint density at radius 3 is 1.97 bits per heavy atom. The van der Waals surface area contributed by atoms with Gasteiger partial charge in [0.2, 0.25) is 70.9 Å². The first kappa shape index (κ1) is 80.0. The largest absolute Gasteiger partial charge is 0.449 e. The number of amides is 13. The molecule has 4 saturated heterocycles.